The predicted molar refractivity (Wildman–Crippen MR) is 83.7 cm³/mol. The second-order valence-corrected chi connectivity index (χ2v) is 8.38. The van der Waals surface area contributed by atoms with Gasteiger partial charge in [-0.3, -0.25) is 4.79 Å². The van der Waals surface area contributed by atoms with E-state index in [1.807, 2.05) is 0 Å². The first-order valence-electron chi connectivity index (χ1n) is 7.63. The highest BCUT2D eigenvalue weighted by molar-refractivity contribution is 7.17. The van der Waals surface area contributed by atoms with Crippen LogP contribution in [0.15, 0.2) is 0 Å². The zero-order chi connectivity index (χ0) is 14.5. The van der Waals surface area contributed by atoms with Crippen LogP contribution in [-0.2, 0) is 6.42 Å². The monoisotopic (exact) mass is 292 g/mol. The summed E-state index contributed by atoms with van der Waals surface area (Å²) in [5.74, 6) is 1.79. The molecule has 2 unspecified atom stereocenters. The molecule has 0 spiro atoms. The van der Waals surface area contributed by atoms with Crippen molar-refractivity contribution in [3.8, 4) is 0 Å². The number of rotatable bonds is 1. The molecule has 1 saturated heterocycles. The highest BCUT2D eigenvalue weighted by atomic mass is 32.1. The van der Waals surface area contributed by atoms with E-state index in [2.05, 4.69) is 32.6 Å². The van der Waals surface area contributed by atoms with Crippen LogP contribution in [0.5, 0.6) is 0 Å². The van der Waals surface area contributed by atoms with Gasteiger partial charge in [-0.2, -0.15) is 0 Å². The first-order valence-corrected chi connectivity index (χ1v) is 8.45. The number of piperidine rings is 1. The molecule has 2 aliphatic rings. The van der Waals surface area contributed by atoms with E-state index in [0.717, 1.165) is 41.1 Å². The molecule has 110 valence electrons. The van der Waals surface area contributed by atoms with Crippen LogP contribution in [0.1, 0.15) is 55.9 Å². The Morgan fingerprint density at radius 2 is 2.00 bits per heavy atom. The van der Waals surface area contributed by atoms with Crippen molar-refractivity contribution in [2.45, 2.75) is 47.0 Å². The van der Waals surface area contributed by atoms with Crippen LogP contribution >= 0.6 is 11.3 Å². The molecule has 1 aromatic heterocycles. The van der Waals surface area contributed by atoms with Gasteiger partial charge >= 0.3 is 0 Å². The number of aromatic nitrogens is 1. The number of Topliss-reactive ketones (excluding diaryl/α,β-unsaturated/α-hetero) is 1. The normalized spacial score (nSPS) is 29.4. The van der Waals surface area contributed by atoms with Crippen LogP contribution in [0.25, 0.3) is 0 Å². The number of nitrogens with zero attached hydrogens (tertiary/aromatic N) is 2. The van der Waals surface area contributed by atoms with Gasteiger partial charge in [0, 0.05) is 19.5 Å². The summed E-state index contributed by atoms with van der Waals surface area (Å²) in [5.41, 5.74) is 1.11. The Morgan fingerprint density at radius 1 is 1.25 bits per heavy atom. The molecule has 1 aliphatic heterocycles. The second kappa shape index (κ2) is 4.83. The van der Waals surface area contributed by atoms with Crippen molar-refractivity contribution in [1.29, 1.82) is 0 Å². The van der Waals surface area contributed by atoms with E-state index in [0.29, 0.717) is 18.1 Å². The van der Waals surface area contributed by atoms with Gasteiger partial charge in [0.25, 0.3) is 0 Å². The summed E-state index contributed by atoms with van der Waals surface area (Å²) < 4.78 is 0. The van der Waals surface area contributed by atoms with Gasteiger partial charge in [0.1, 0.15) is 0 Å². The molecule has 0 N–H and O–H groups in total. The van der Waals surface area contributed by atoms with Crippen molar-refractivity contribution in [2.24, 2.45) is 17.3 Å². The zero-order valence-corrected chi connectivity index (χ0v) is 13.7. The van der Waals surface area contributed by atoms with Crippen LogP contribution in [0.3, 0.4) is 0 Å². The number of anilines is 1. The lowest BCUT2D eigenvalue weighted by Gasteiger charge is -2.35. The summed E-state index contributed by atoms with van der Waals surface area (Å²) in [6, 6.07) is 0. The van der Waals surface area contributed by atoms with Gasteiger partial charge in [-0.1, -0.05) is 39.0 Å². The van der Waals surface area contributed by atoms with E-state index in [1.165, 1.54) is 6.42 Å². The summed E-state index contributed by atoms with van der Waals surface area (Å²) in [5, 5.41) is 1.07. The largest absolute Gasteiger partial charge is 0.348 e. The molecule has 3 rings (SSSR count). The van der Waals surface area contributed by atoms with E-state index >= 15 is 0 Å². The molecule has 2 heterocycles. The third kappa shape index (κ3) is 2.50. The Bertz CT molecular complexity index is 535. The SMILES string of the molecule is CC1CCN(c2nc3c(s2)C(=O)CC(C)(C)C3)CC1C. The minimum Gasteiger partial charge on any atom is -0.348 e. The molecule has 3 nitrogen and oxygen atoms in total. The van der Waals surface area contributed by atoms with Crippen LogP contribution in [0.2, 0.25) is 0 Å². The quantitative estimate of drug-likeness (QED) is 0.790. The number of ketones is 1. The molecule has 20 heavy (non-hydrogen) atoms. The lowest BCUT2D eigenvalue weighted by Crippen LogP contribution is -2.38. The summed E-state index contributed by atoms with van der Waals surface area (Å²) in [6.45, 7) is 11.1. The van der Waals surface area contributed by atoms with Crippen molar-refractivity contribution in [1.82, 2.24) is 4.98 Å². The van der Waals surface area contributed by atoms with Gasteiger partial charge in [0.05, 0.1) is 10.6 Å². The zero-order valence-electron chi connectivity index (χ0n) is 12.9. The molecule has 0 aromatic carbocycles. The first-order chi connectivity index (χ1) is 9.35. The molecule has 4 heteroatoms. The standard InChI is InChI=1S/C16H24N2OS/c1-10-5-6-18(9-11(10)2)15-17-12-7-16(3,4)8-13(19)14(12)20-15/h10-11H,5-9H2,1-4H3. The third-order valence-corrected chi connectivity index (χ3v) is 6.03. The molecule has 1 fully saturated rings. The fourth-order valence-corrected chi connectivity index (χ4v) is 4.33. The van der Waals surface area contributed by atoms with E-state index in [9.17, 15) is 4.79 Å². The average molecular weight is 292 g/mol. The van der Waals surface area contributed by atoms with Crippen molar-refractivity contribution in [3.63, 3.8) is 0 Å². The minimum atomic E-state index is 0.0686. The summed E-state index contributed by atoms with van der Waals surface area (Å²) >= 11 is 1.62. The third-order valence-electron chi connectivity index (χ3n) is 4.83. The van der Waals surface area contributed by atoms with E-state index in [-0.39, 0.29) is 5.41 Å². The summed E-state index contributed by atoms with van der Waals surface area (Å²) in [4.78, 5) is 20.4. The number of carbonyl (C=O) groups excluding carboxylic acids is 1. The fraction of sp³-hybridized carbons (Fsp3) is 0.750. The van der Waals surface area contributed by atoms with E-state index in [4.69, 9.17) is 4.98 Å². The molecule has 0 amide bonds. The number of thiazole rings is 1. The Morgan fingerprint density at radius 3 is 2.70 bits per heavy atom. The van der Waals surface area contributed by atoms with Crippen LogP contribution in [0.4, 0.5) is 5.13 Å². The van der Waals surface area contributed by atoms with Crippen LogP contribution in [-0.4, -0.2) is 23.9 Å². The molecular formula is C16H24N2OS. The molecular weight excluding hydrogens is 268 g/mol. The Balaban J connectivity index is 1.85. The average Bonchev–Trinajstić information content (AvgIpc) is 2.75. The van der Waals surface area contributed by atoms with Gasteiger partial charge in [-0.25, -0.2) is 4.98 Å². The highest BCUT2D eigenvalue weighted by Crippen LogP contribution is 2.40. The second-order valence-electron chi connectivity index (χ2n) is 7.40. The van der Waals surface area contributed by atoms with Crippen molar-refractivity contribution >= 4 is 22.3 Å². The van der Waals surface area contributed by atoms with Crippen molar-refractivity contribution in [2.75, 3.05) is 18.0 Å². The number of fused-ring (bicyclic) bond motifs is 1. The molecule has 0 saturated carbocycles. The lowest BCUT2D eigenvalue weighted by molar-refractivity contribution is 0.0916. The lowest BCUT2D eigenvalue weighted by atomic mass is 9.78. The highest BCUT2D eigenvalue weighted by Gasteiger charge is 2.35. The molecule has 1 aromatic rings. The Labute approximate surface area is 125 Å². The summed E-state index contributed by atoms with van der Waals surface area (Å²) in [7, 11) is 0. The smallest absolute Gasteiger partial charge is 0.186 e. The van der Waals surface area contributed by atoms with Gasteiger partial charge in [0.2, 0.25) is 0 Å². The number of carbonyl (C=O) groups is 1. The maximum atomic E-state index is 12.3. The minimum absolute atomic E-state index is 0.0686. The molecule has 2 atom stereocenters. The Hall–Kier alpha value is -0.900. The number of hydrogen-bond donors (Lipinski definition) is 0. The maximum absolute atomic E-state index is 12.3. The molecule has 1 aliphatic carbocycles. The first kappa shape index (κ1) is 14.1. The van der Waals surface area contributed by atoms with Crippen LogP contribution < -0.4 is 4.90 Å². The predicted octanol–water partition coefficient (Wildman–Crippen LogP) is 3.78. The van der Waals surface area contributed by atoms with Crippen molar-refractivity contribution < 1.29 is 4.79 Å². The van der Waals surface area contributed by atoms with Gasteiger partial charge in [-0.05, 0) is 30.1 Å². The van der Waals surface area contributed by atoms with E-state index < -0.39 is 0 Å². The fourth-order valence-electron chi connectivity index (χ4n) is 3.28. The van der Waals surface area contributed by atoms with Gasteiger partial charge in [0.15, 0.2) is 10.9 Å². The van der Waals surface area contributed by atoms with Gasteiger partial charge < -0.3 is 4.90 Å². The van der Waals surface area contributed by atoms with E-state index in [1.54, 1.807) is 11.3 Å². The maximum Gasteiger partial charge on any atom is 0.186 e. The Kier molecular flexibility index (Phi) is 3.39. The molecule has 0 radical (unpaired) electrons. The topological polar surface area (TPSA) is 33.2 Å². The van der Waals surface area contributed by atoms with Gasteiger partial charge in [-0.15, -0.1) is 0 Å². The number of hydrogen-bond acceptors (Lipinski definition) is 4. The molecule has 0 bridgehead atoms. The van der Waals surface area contributed by atoms with Crippen LogP contribution in [0, 0.1) is 17.3 Å². The summed E-state index contributed by atoms with van der Waals surface area (Å²) in [6.07, 6.45) is 2.82. The van der Waals surface area contributed by atoms with Crippen molar-refractivity contribution in [3.05, 3.63) is 10.6 Å².